The van der Waals surface area contributed by atoms with Gasteiger partial charge in [0.05, 0.1) is 5.52 Å². The van der Waals surface area contributed by atoms with Crippen molar-refractivity contribution in [1.82, 2.24) is 4.98 Å². The van der Waals surface area contributed by atoms with E-state index in [4.69, 9.17) is 5.73 Å². The SMILES string of the molecule is CC#CC/C=C(\c1ccccc1)c1ccc(-c2ccccc2)cc1.CC(N)c1cc(Br)cc(-c2cccc3cccnc23)c1. The number of fused-ring (bicyclic) bond motifs is 1. The topological polar surface area (TPSA) is 38.9 Å². The number of allylic oxidation sites excluding steroid dienone is 1. The molecule has 1 heterocycles. The van der Waals surface area contributed by atoms with Crippen molar-refractivity contribution < 1.29 is 0 Å². The number of hydrogen-bond acceptors (Lipinski definition) is 2. The molecule has 3 heteroatoms. The molecule has 0 aliphatic heterocycles. The van der Waals surface area contributed by atoms with E-state index in [-0.39, 0.29) is 6.04 Å². The van der Waals surface area contributed by atoms with Crippen molar-refractivity contribution in [3.8, 4) is 34.1 Å². The maximum Gasteiger partial charge on any atom is 0.0780 e. The molecule has 0 aliphatic rings. The molecule has 0 fully saturated rings. The second-order valence-electron chi connectivity index (χ2n) is 10.5. The van der Waals surface area contributed by atoms with Gasteiger partial charge in [-0.1, -0.05) is 137 Å². The fraction of sp³-hybridized carbons (Fsp3) is 0.0976. The maximum absolute atomic E-state index is 6.01. The summed E-state index contributed by atoms with van der Waals surface area (Å²) in [5.74, 6) is 6.09. The lowest BCUT2D eigenvalue weighted by Crippen LogP contribution is -2.05. The third-order valence-electron chi connectivity index (χ3n) is 7.36. The summed E-state index contributed by atoms with van der Waals surface area (Å²) < 4.78 is 1.04. The van der Waals surface area contributed by atoms with Crippen molar-refractivity contribution in [2.24, 2.45) is 5.73 Å². The summed E-state index contributed by atoms with van der Waals surface area (Å²) in [7, 11) is 0. The van der Waals surface area contributed by atoms with Gasteiger partial charge < -0.3 is 5.73 Å². The van der Waals surface area contributed by atoms with Crippen LogP contribution in [0.3, 0.4) is 0 Å². The van der Waals surface area contributed by atoms with Crippen LogP contribution in [0.15, 0.2) is 150 Å². The molecule has 1 unspecified atom stereocenters. The molecule has 0 amide bonds. The lowest BCUT2D eigenvalue weighted by molar-refractivity contribution is 0.818. The Hall–Kier alpha value is -4.75. The molecule has 0 radical (unpaired) electrons. The highest BCUT2D eigenvalue weighted by molar-refractivity contribution is 9.10. The van der Waals surface area contributed by atoms with Crippen LogP contribution >= 0.6 is 15.9 Å². The van der Waals surface area contributed by atoms with Gasteiger partial charge in [0, 0.05) is 34.1 Å². The van der Waals surface area contributed by atoms with Crippen LogP contribution in [-0.2, 0) is 0 Å². The van der Waals surface area contributed by atoms with Crippen molar-refractivity contribution in [3.63, 3.8) is 0 Å². The normalized spacial score (nSPS) is 11.6. The first-order chi connectivity index (χ1) is 21.5. The second-order valence-corrected chi connectivity index (χ2v) is 11.4. The summed E-state index contributed by atoms with van der Waals surface area (Å²) in [5.41, 5.74) is 16.6. The standard InChI is InChI=1S/C24H20.C17H15BrN2/c1-2-3-6-15-24(22-13-9-5-10-14-22)23-18-16-21(17-19-23)20-11-7-4-8-12-20;1-11(19)13-8-14(10-15(18)9-13)16-6-2-4-12-5-3-7-20-17(12)16/h4-5,7-19H,6H2,1H3;2-11H,19H2,1H3/b24-15+;. The first-order valence-electron chi connectivity index (χ1n) is 14.7. The zero-order chi connectivity index (χ0) is 30.7. The lowest BCUT2D eigenvalue weighted by Gasteiger charge is -2.11. The maximum atomic E-state index is 6.01. The quantitative estimate of drug-likeness (QED) is 0.185. The number of rotatable bonds is 6. The molecule has 1 aromatic heterocycles. The molecule has 0 bridgehead atoms. The van der Waals surface area contributed by atoms with Crippen LogP contribution in [0, 0.1) is 11.8 Å². The smallest absolute Gasteiger partial charge is 0.0780 e. The Morgan fingerprint density at radius 2 is 1.41 bits per heavy atom. The first-order valence-corrected chi connectivity index (χ1v) is 15.5. The van der Waals surface area contributed by atoms with Crippen LogP contribution in [0.5, 0.6) is 0 Å². The van der Waals surface area contributed by atoms with Crippen LogP contribution in [0.4, 0.5) is 0 Å². The number of hydrogen-bond donors (Lipinski definition) is 1. The summed E-state index contributed by atoms with van der Waals surface area (Å²) in [6, 6.07) is 46.3. The van der Waals surface area contributed by atoms with Crippen molar-refractivity contribution in [2.75, 3.05) is 0 Å². The number of pyridine rings is 1. The summed E-state index contributed by atoms with van der Waals surface area (Å²) in [4.78, 5) is 4.52. The number of nitrogens with zero attached hydrogens (tertiary/aromatic N) is 1. The van der Waals surface area contributed by atoms with Gasteiger partial charge in [-0.25, -0.2) is 0 Å². The third kappa shape index (κ3) is 7.79. The predicted octanol–water partition coefficient (Wildman–Crippen LogP) is 10.9. The molecule has 5 aromatic carbocycles. The van der Waals surface area contributed by atoms with Crippen molar-refractivity contribution >= 4 is 32.4 Å². The Labute approximate surface area is 269 Å². The zero-order valence-corrected chi connectivity index (χ0v) is 26.6. The van der Waals surface area contributed by atoms with Gasteiger partial charge in [-0.2, -0.15) is 0 Å². The summed E-state index contributed by atoms with van der Waals surface area (Å²) in [6.07, 6.45) is 4.81. The van der Waals surface area contributed by atoms with Gasteiger partial charge in [-0.05, 0) is 77.1 Å². The zero-order valence-electron chi connectivity index (χ0n) is 25.0. The van der Waals surface area contributed by atoms with E-state index in [1.165, 1.54) is 27.8 Å². The van der Waals surface area contributed by atoms with E-state index in [1.54, 1.807) is 0 Å². The number of para-hydroxylation sites is 1. The summed E-state index contributed by atoms with van der Waals surface area (Å²) >= 11 is 3.57. The van der Waals surface area contributed by atoms with Crippen LogP contribution < -0.4 is 5.73 Å². The minimum Gasteiger partial charge on any atom is -0.324 e. The average molecular weight is 636 g/mol. The fourth-order valence-corrected chi connectivity index (χ4v) is 5.63. The Morgan fingerprint density at radius 1 is 0.750 bits per heavy atom. The molecule has 1 atom stereocenters. The van der Waals surface area contributed by atoms with E-state index in [1.807, 2.05) is 38.2 Å². The molecule has 2 nitrogen and oxygen atoms in total. The van der Waals surface area contributed by atoms with E-state index < -0.39 is 0 Å². The summed E-state index contributed by atoms with van der Waals surface area (Å²) in [5, 5.41) is 1.15. The molecular formula is C41H35BrN2. The number of benzene rings is 5. The van der Waals surface area contributed by atoms with Gasteiger partial charge in [-0.15, -0.1) is 5.92 Å². The van der Waals surface area contributed by atoms with E-state index >= 15 is 0 Å². The molecule has 0 aliphatic carbocycles. The lowest BCUT2D eigenvalue weighted by atomic mass is 9.95. The van der Waals surface area contributed by atoms with Crippen molar-refractivity contribution in [2.45, 2.75) is 26.3 Å². The predicted molar refractivity (Wildman–Crippen MR) is 191 cm³/mol. The van der Waals surface area contributed by atoms with Gasteiger partial charge in [0.2, 0.25) is 0 Å². The van der Waals surface area contributed by atoms with Crippen LogP contribution in [0.2, 0.25) is 0 Å². The number of halogens is 1. The van der Waals surface area contributed by atoms with Crippen LogP contribution in [0.1, 0.15) is 43.0 Å². The Morgan fingerprint density at radius 3 is 2.11 bits per heavy atom. The minimum atomic E-state index is 0.00851. The largest absolute Gasteiger partial charge is 0.324 e. The molecule has 0 saturated heterocycles. The summed E-state index contributed by atoms with van der Waals surface area (Å²) in [6.45, 7) is 3.87. The van der Waals surface area contributed by atoms with Gasteiger partial charge >= 0.3 is 0 Å². The second kappa shape index (κ2) is 15.1. The Balaban J connectivity index is 0.000000177. The third-order valence-corrected chi connectivity index (χ3v) is 7.82. The van der Waals surface area contributed by atoms with Gasteiger partial charge in [-0.3, -0.25) is 4.98 Å². The van der Waals surface area contributed by atoms with E-state index in [0.717, 1.165) is 38.5 Å². The minimum absolute atomic E-state index is 0.00851. The first kappa shape index (κ1) is 30.7. The van der Waals surface area contributed by atoms with Gasteiger partial charge in [0.1, 0.15) is 0 Å². The van der Waals surface area contributed by atoms with Crippen molar-refractivity contribution in [3.05, 3.63) is 167 Å². The highest BCUT2D eigenvalue weighted by Gasteiger charge is 2.09. The van der Waals surface area contributed by atoms with Crippen LogP contribution in [0.25, 0.3) is 38.7 Å². The molecule has 2 N–H and O–H groups in total. The Bertz CT molecular complexity index is 1910. The fourth-order valence-electron chi connectivity index (χ4n) is 5.12. The Kier molecular flexibility index (Phi) is 10.5. The number of nitrogens with two attached hydrogens (primary N) is 1. The molecular weight excluding hydrogens is 600 g/mol. The van der Waals surface area contributed by atoms with E-state index in [9.17, 15) is 0 Å². The van der Waals surface area contributed by atoms with Gasteiger partial charge in [0.25, 0.3) is 0 Å². The molecule has 44 heavy (non-hydrogen) atoms. The molecule has 6 aromatic rings. The number of aromatic nitrogens is 1. The molecule has 0 spiro atoms. The molecule has 0 saturated carbocycles. The monoisotopic (exact) mass is 634 g/mol. The van der Waals surface area contributed by atoms with Gasteiger partial charge in [0.15, 0.2) is 0 Å². The van der Waals surface area contributed by atoms with E-state index in [2.05, 4.69) is 154 Å². The van der Waals surface area contributed by atoms with E-state index in [0.29, 0.717) is 0 Å². The van der Waals surface area contributed by atoms with Crippen molar-refractivity contribution in [1.29, 1.82) is 0 Å². The highest BCUT2D eigenvalue weighted by atomic mass is 79.9. The molecule has 216 valence electrons. The highest BCUT2D eigenvalue weighted by Crippen LogP contribution is 2.31. The average Bonchev–Trinajstić information content (AvgIpc) is 3.07. The van der Waals surface area contributed by atoms with Crippen LogP contribution in [-0.4, -0.2) is 4.98 Å². The molecule has 6 rings (SSSR count).